The zero-order valence-corrected chi connectivity index (χ0v) is 15.9. The van der Waals surface area contributed by atoms with Crippen molar-refractivity contribution in [1.29, 1.82) is 0 Å². The molecule has 0 amide bonds. The Morgan fingerprint density at radius 3 is 2.08 bits per heavy atom. The Kier molecular flexibility index (Phi) is 7.58. The molecule has 0 unspecified atom stereocenters. The molecule has 0 spiro atoms. The highest BCUT2D eigenvalue weighted by molar-refractivity contribution is 5.42. The van der Waals surface area contributed by atoms with Crippen molar-refractivity contribution < 1.29 is 4.74 Å². The Hall–Kier alpha value is -1.10. The molecule has 1 aliphatic carbocycles. The van der Waals surface area contributed by atoms with E-state index in [9.17, 15) is 0 Å². The van der Waals surface area contributed by atoms with Crippen LogP contribution in [-0.2, 0) is 13.1 Å². The van der Waals surface area contributed by atoms with Gasteiger partial charge in [0.05, 0.1) is 6.10 Å². The molecule has 2 aliphatic rings. The Labute approximate surface area is 153 Å². The minimum absolute atomic E-state index is 0.404. The fourth-order valence-electron chi connectivity index (χ4n) is 3.92. The van der Waals surface area contributed by atoms with E-state index in [-0.39, 0.29) is 0 Å². The Bertz CT molecular complexity index is 482. The first kappa shape index (κ1) is 18.7. The van der Waals surface area contributed by atoms with E-state index in [1.807, 2.05) is 0 Å². The van der Waals surface area contributed by atoms with Crippen molar-refractivity contribution in [3.05, 3.63) is 29.3 Å². The summed E-state index contributed by atoms with van der Waals surface area (Å²) in [5.74, 6) is 1.14. The van der Waals surface area contributed by atoms with E-state index in [2.05, 4.69) is 40.8 Å². The van der Waals surface area contributed by atoms with Gasteiger partial charge in [-0.15, -0.1) is 0 Å². The minimum atomic E-state index is 0.404. The lowest BCUT2D eigenvalue weighted by atomic mass is 9.97. The van der Waals surface area contributed by atoms with Gasteiger partial charge in [-0.3, -0.25) is 0 Å². The van der Waals surface area contributed by atoms with E-state index < -0.39 is 0 Å². The van der Waals surface area contributed by atoms with Crippen LogP contribution in [0.4, 0.5) is 0 Å². The van der Waals surface area contributed by atoms with Gasteiger partial charge >= 0.3 is 0 Å². The topological polar surface area (TPSA) is 36.5 Å². The molecular formula is C21H35N3O. The number of hydrogen-bond acceptors (Lipinski definition) is 4. The second kappa shape index (κ2) is 10.1. The lowest BCUT2D eigenvalue weighted by Crippen LogP contribution is -2.28. The Morgan fingerprint density at radius 2 is 1.48 bits per heavy atom. The Balaban J connectivity index is 1.71. The van der Waals surface area contributed by atoms with Gasteiger partial charge in [0.25, 0.3) is 0 Å². The van der Waals surface area contributed by atoms with Gasteiger partial charge in [0, 0.05) is 24.2 Å². The fourth-order valence-corrected chi connectivity index (χ4v) is 3.92. The summed E-state index contributed by atoms with van der Waals surface area (Å²) in [6.07, 6.45) is 9.21. The normalized spacial score (nSPS) is 22.3. The summed E-state index contributed by atoms with van der Waals surface area (Å²) in [5.41, 5.74) is 2.63. The van der Waals surface area contributed by atoms with Crippen molar-refractivity contribution in [2.24, 2.45) is 0 Å². The number of para-hydroxylation sites is 1. The summed E-state index contributed by atoms with van der Waals surface area (Å²) in [4.78, 5) is 2.44. The molecule has 2 bridgehead atoms. The highest BCUT2D eigenvalue weighted by Gasteiger charge is 2.18. The summed E-state index contributed by atoms with van der Waals surface area (Å²) in [6, 6.07) is 6.64. The largest absolute Gasteiger partial charge is 0.490 e. The molecule has 0 aromatic heterocycles. The lowest BCUT2D eigenvalue weighted by Gasteiger charge is -2.26. The molecule has 1 fully saturated rings. The molecule has 4 nitrogen and oxygen atoms in total. The van der Waals surface area contributed by atoms with Crippen LogP contribution in [0, 0.1) is 0 Å². The molecule has 25 heavy (non-hydrogen) atoms. The highest BCUT2D eigenvalue weighted by atomic mass is 16.5. The molecular weight excluding hydrogens is 310 g/mol. The number of rotatable bonds is 2. The third kappa shape index (κ3) is 5.98. The van der Waals surface area contributed by atoms with Crippen LogP contribution in [0.1, 0.15) is 56.1 Å². The van der Waals surface area contributed by atoms with Gasteiger partial charge in [0.2, 0.25) is 0 Å². The molecule has 0 radical (unpaired) electrons. The minimum Gasteiger partial charge on any atom is -0.490 e. The van der Waals surface area contributed by atoms with Crippen LogP contribution in [0.15, 0.2) is 18.2 Å². The quantitative estimate of drug-likeness (QED) is 0.862. The third-order valence-corrected chi connectivity index (χ3v) is 5.43. The first-order valence-electron chi connectivity index (χ1n) is 10.2. The Morgan fingerprint density at radius 1 is 0.880 bits per heavy atom. The maximum atomic E-state index is 6.55. The molecule has 2 N–H and O–H groups in total. The van der Waals surface area contributed by atoms with Gasteiger partial charge in [-0.1, -0.05) is 24.6 Å². The second-order valence-electron chi connectivity index (χ2n) is 7.65. The van der Waals surface area contributed by atoms with Crippen molar-refractivity contribution in [3.8, 4) is 5.75 Å². The predicted molar refractivity (Wildman–Crippen MR) is 104 cm³/mol. The van der Waals surface area contributed by atoms with Gasteiger partial charge in [0.15, 0.2) is 0 Å². The zero-order chi connectivity index (χ0) is 17.3. The zero-order valence-electron chi connectivity index (χ0n) is 15.9. The van der Waals surface area contributed by atoms with Crippen molar-refractivity contribution in [1.82, 2.24) is 15.5 Å². The third-order valence-electron chi connectivity index (χ3n) is 5.43. The standard InChI is InChI=1S/C21H35N3O/c1-24-14-6-12-22-16-18-8-5-9-19(17-23-13-7-15-24)21(18)25-20-10-3-2-4-11-20/h5,8-9,20,22-23H,2-4,6-7,10-17H2,1H3. The highest BCUT2D eigenvalue weighted by Crippen LogP contribution is 2.29. The summed E-state index contributed by atoms with van der Waals surface area (Å²) < 4.78 is 6.55. The fraction of sp³-hybridized carbons (Fsp3) is 0.714. The second-order valence-corrected chi connectivity index (χ2v) is 7.65. The van der Waals surface area contributed by atoms with Crippen LogP contribution in [0.5, 0.6) is 5.75 Å². The van der Waals surface area contributed by atoms with E-state index in [0.717, 1.165) is 31.9 Å². The van der Waals surface area contributed by atoms with Crippen LogP contribution in [0.2, 0.25) is 0 Å². The predicted octanol–water partition coefficient (Wildman–Crippen LogP) is 3.30. The number of nitrogens with one attached hydrogen (secondary N) is 2. The maximum absolute atomic E-state index is 6.55. The molecule has 3 rings (SSSR count). The van der Waals surface area contributed by atoms with Crippen molar-refractivity contribution in [2.75, 3.05) is 33.2 Å². The van der Waals surface area contributed by atoms with Crippen LogP contribution < -0.4 is 15.4 Å². The lowest BCUT2D eigenvalue weighted by molar-refractivity contribution is 0.151. The van der Waals surface area contributed by atoms with Crippen molar-refractivity contribution >= 4 is 0 Å². The number of hydrogen-bond donors (Lipinski definition) is 2. The van der Waals surface area contributed by atoms with E-state index in [1.165, 1.54) is 69.2 Å². The SMILES string of the molecule is CN1CCCNCc2cccc(c2OC2CCCCC2)CNCCC1. The number of nitrogens with zero attached hydrogens (tertiary/aromatic N) is 1. The van der Waals surface area contributed by atoms with Gasteiger partial charge in [-0.2, -0.15) is 0 Å². The van der Waals surface area contributed by atoms with Gasteiger partial charge in [0.1, 0.15) is 5.75 Å². The van der Waals surface area contributed by atoms with Crippen LogP contribution in [-0.4, -0.2) is 44.2 Å². The van der Waals surface area contributed by atoms with Crippen LogP contribution >= 0.6 is 0 Å². The van der Waals surface area contributed by atoms with E-state index >= 15 is 0 Å². The van der Waals surface area contributed by atoms with Crippen molar-refractivity contribution in [2.45, 2.75) is 64.1 Å². The van der Waals surface area contributed by atoms with Crippen LogP contribution in [0.3, 0.4) is 0 Å². The van der Waals surface area contributed by atoms with Crippen molar-refractivity contribution in [3.63, 3.8) is 0 Å². The molecule has 1 aliphatic heterocycles. The number of ether oxygens (including phenoxy) is 1. The molecule has 1 heterocycles. The smallest absolute Gasteiger partial charge is 0.128 e. The summed E-state index contributed by atoms with van der Waals surface area (Å²) in [6.45, 7) is 6.27. The van der Waals surface area contributed by atoms with Gasteiger partial charge in [-0.25, -0.2) is 0 Å². The molecule has 1 aromatic rings. The first-order chi connectivity index (χ1) is 12.3. The van der Waals surface area contributed by atoms with Crippen LogP contribution in [0.25, 0.3) is 0 Å². The number of fused-ring (bicyclic) bond motifs is 2. The average molecular weight is 346 g/mol. The number of benzene rings is 1. The maximum Gasteiger partial charge on any atom is 0.128 e. The molecule has 0 saturated heterocycles. The van der Waals surface area contributed by atoms with E-state index in [1.54, 1.807) is 0 Å². The van der Waals surface area contributed by atoms with Gasteiger partial charge < -0.3 is 20.3 Å². The molecule has 4 heteroatoms. The summed E-state index contributed by atoms with van der Waals surface area (Å²) in [5, 5.41) is 7.24. The van der Waals surface area contributed by atoms with E-state index in [4.69, 9.17) is 4.74 Å². The summed E-state index contributed by atoms with van der Waals surface area (Å²) >= 11 is 0. The average Bonchev–Trinajstić information content (AvgIpc) is 2.63. The van der Waals surface area contributed by atoms with E-state index in [0.29, 0.717) is 6.10 Å². The summed E-state index contributed by atoms with van der Waals surface area (Å²) in [7, 11) is 2.23. The molecule has 1 saturated carbocycles. The molecule has 140 valence electrons. The van der Waals surface area contributed by atoms with Gasteiger partial charge in [-0.05, 0) is 71.8 Å². The monoisotopic (exact) mass is 345 g/mol. The molecule has 0 atom stereocenters. The molecule has 1 aromatic carbocycles. The first-order valence-corrected chi connectivity index (χ1v) is 10.2.